The topological polar surface area (TPSA) is 53.6 Å². The highest BCUT2D eigenvalue weighted by Crippen LogP contribution is 2.25. The maximum Gasteiger partial charge on any atom is 0.208 e. The molecule has 1 heterocycles. The van der Waals surface area contributed by atoms with Gasteiger partial charge >= 0.3 is 0 Å². The monoisotopic (exact) mass is 214 g/mol. The molecule has 80 valence electrons. The van der Waals surface area contributed by atoms with Crippen molar-refractivity contribution in [3.63, 3.8) is 0 Å². The molecule has 0 aromatic heterocycles. The quantitative estimate of drug-likeness (QED) is 0.302. The summed E-state index contributed by atoms with van der Waals surface area (Å²) in [7, 11) is 2.08. The molecule has 14 heavy (non-hydrogen) atoms. The summed E-state index contributed by atoms with van der Waals surface area (Å²) in [6.07, 6.45) is 3.68. The summed E-state index contributed by atoms with van der Waals surface area (Å²) in [6.45, 7) is 0. The standard InChI is InChI=1S/C9H18N4S/c1-13(8-4-5-14-6-8)9(12-10)11-7-2-3-7/h7-8H,2-6,10H2,1H3,(H,11,12). The van der Waals surface area contributed by atoms with Crippen molar-refractivity contribution in [2.75, 3.05) is 18.6 Å². The number of hydrogen-bond acceptors (Lipinski definition) is 3. The van der Waals surface area contributed by atoms with Crippen molar-refractivity contribution >= 4 is 17.7 Å². The molecule has 0 spiro atoms. The minimum absolute atomic E-state index is 0.526. The molecule has 0 radical (unpaired) electrons. The number of nitrogens with two attached hydrogens (primary N) is 1. The summed E-state index contributed by atoms with van der Waals surface area (Å²) in [6, 6.07) is 1.13. The van der Waals surface area contributed by atoms with Gasteiger partial charge in [-0.15, -0.1) is 0 Å². The smallest absolute Gasteiger partial charge is 0.208 e. The van der Waals surface area contributed by atoms with Crippen LogP contribution in [0.25, 0.3) is 0 Å². The van der Waals surface area contributed by atoms with Crippen LogP contribution in [-0.4, -0.2) is 41.5 Å². The van der Waals surface area contributed by atoms with Crippen LogP contribution in [0, 0.1) is 0 Å². The first-order valence-electron chi connectivity index (χ1n) is 5.16. The van der Waals surface area contributed by atoms with Gasteiger partial charge in [0.25, 0.3) is 0 Å². The van der Waals surface area contributed by atoms with E-state index in [0.717, 1.165) is 5.96 Å². The van der Waals surface area contributed by atoms with E-state index in [9.17, 15) is 0 Å². The van der Waals surface area contributed by atoms with E-state index in [0.29, 0.717) is 12.1 Å². The van der Waals surface area contributed by atoms with Gasteiger partial charge in [0.15, 0.2) is 0 Å². The van der Waals surface area contributed by atoms with E-state index in [4.69, 9.17) is 5.84 Å². The lowest BCUT2D eigenvalue weighted by Gasteiger charge is -2.26. The van der Waals surface area contributed by atoms with Crippen LogP contribution in [0.3, 0.4) is 0 Å². The molecule has 1 saturated heterocycles. The van der Waals surface area contributed by atoms with E-state index >= 15 is 0 Å². The molecule has 2 fully saturated rings. The first kappa shape index (κ1) is 10.1. The molecule has 1 saturated carbocycles. The van der Waals surface area contributed by atoms with E-state index in [-0.39, 0.29) is 0 Å². The number of thioether (sulfide) groups is 1. The van der Waals surface area contributed by atoms with Crippen molar-refractivity contribution in [1.82, 2.24) is 10.3 Å². The molecule has 1 aliphatic carbocycles. The number of nitrogens with one attached hydrogen (secondary N) is 1. The zero-order valence-corrected chi connectivity index (χ0v) is 9.39. The van der Waals surface area contributed by atoms with Crippen LogP contribution in [0.5, 0.6) is 0 Å². The number of aliphatic imine (C=N–C) groups is 1. The van der Waals surface area contributed by atoms with Gasteiger partial charge in [-0.25, -0.2) is 10.8 Å². The van der Waals surface area contributed by atoms with Gasteiger partial charge in [0.2, 0.25) is 5.96 Å². The SMILES string of the molecule is CN(C(=NC1CC1)NN)C1CCSC1. The largest absolute Gasteiger partial charge is 0.341 e. The van der Waals surface area contributed by atoms with Gasteiger partial charge in [0.1, 0.15) is 0 Å². The Hall–Kier alpha value is -0.420. The Labute approximate surface area is 89.3 Å². The van der Waals surface area contributed by atoms with Crippen LogP contribution < -0.4 is 11.3 Å². The molecule has 0 aromatic rings. The van der Waals surface area contributed by atoms with Crippen LogP contribution in [-0.2, 0) is 0 Å². The molecular formula is C9H18N4S. The minimum Gasteiger partial charge on any atom is -0.341 e. The average Bonchev–Trinajstić information content (AvgIpc) is 2.84. The molecule has 1 aliphatic heterocycles. The first-order valence-corrected chi connectivity index (χ1v) is 6.31. The normalized spacial score (nSPS) is 27.9. The lowest BCUT2D eigenvalue weighted by atomic mass is 10.2. The number of hydrogen-bond donors (Lipinski definition) is 2. The van der Waals surface area contributed by atoms with Crippen molar-refractivity contribution in [1.29, 1.82) is 0 Å². The zero-order valence-electron chi connectivity index (χ0n) is 8.57. The third-order valence-electron chi connectivity index (χ3n) is 2.77. The van der Waals surface area contributed by atoms with Crippen molar-refractivity contribution in [2.45, 2.75) is 31.3 Å². The average molecular weight is 214 g/mol. The summed E-state index contributed by atoms with van der Waals surface area (Å²) < 4.78 is 0. The molecule has 4 nitrogen and oxygen atoms in total. The van der Waals surface area contributed by atoms with Gasteiger partial charge in [-0.2, -0.15) is 11.8 Å². The van der Waals surface area contributed by atoms with Gasteiger partial charge in [0.05, 0.1) is 6.04 Å². The predicted octanol–water partition coefficient (Wildman–Crippen LogP) is 0.405. The third kappa shape index (κ3) is 2.33. The molecule has 1 unspecified atom stereocenters. The fourth-order valence-corrected chi connectivity index (χ4v) is 2.87. The molecular weight excluding hydrogens is 196 g/mol. The van der Waals surface area contributed by atoms with Crippen molar-refractivity contribution in [3.8, 4) is 0 Å². The summed E-state index contributed by atoms with van der Waals surface area (Å²) >= 11 is 2.01. The number of guanidine groups is 1. The van der Waals surface area contributed by atoms with Gasteiger partial charge < -0.3 is 4.90 Å². The second kappa shape index (κ2) is 4.40. The molecule has 0 amide bonds. The number of nitrogens with zero attached hydrogens (tertiary/aromatic N) is 2. The highest BCUT2D eigenvalue weighted by Gasteiger charge is 2.26. The second-order valence-electron chi connectivity index (χ2n) is 3.96. The Morgan fingerprint density at radius 2 is 2.29 bits per heavy atom. The summed E-state index contributed by atoms with van der Waals surface area (Å²) in [4.78, 5) is 6.74. The number of hydrazine groups is 1. The van der Waals surface area contributed by atoms with E-state index < -0.39 is 0 Å². The lowest BCUT2D eigenvalue weighted by molar-refractivity contribution is 0.383. The molecule has 2 rings (SSSR count). The van der Waals surface area contributed by atoms with Gasteiger partial charge in [-0.05, 0) is 25.0 Å². The maximum absolute atomic E-state index is 5.49. The molecule has 0 bridgehead atoms. The third-order valence-corrected chi connectivity index (χ3v) is 3.91. The van der Waals surface area contributed by atoms with E-state index in [1.54, 1.807) is 0 Å². The maximum atomic E-state index is 5.49. The fraction of sp³-hybridized carbons (Fsp3) is 0.889. The fourth-order valence-electron chi connectivity index (χ4n) is 1.61. The lowest BCUT2D eigenvalue weighted by Crippen LogP contribution is -2.47. The number of rotatable bonds is 2. The van der Waals surface area contributed by atoms with E-state index in [1.807, 2.05) is 11.8 Å². The summed E-state index contributed by atoms with van der Waals surface area (Å²) in [5.41, 5.74) is 2.72. The van der Waals surface area contributed by atoms with Crippen molar-refractivity contribution in [3.05, 3.63) is 0 Å². The Balaban J connectivity index is 1.95. The molecule has 0 aromatic carbocycles. The molecule has 5 heteroatoms. The highest BCUT2D eigenvalue weighted by atomic mass is 32.2. The Morgan fingerprint density at radius 3 is 2.79 bits per heavy atom. The van der Waals surface area contributed by atoms with Crippen LogP contribution >= 0.6 is 11.8 Å². The molecule has 1 atom stereocenters. The molecule has 2 aliphatic rings. The van der Waals surface area contributed by atoms with Gasteiger partial charge in [-0.1, -0.05) is 0 Å². The molecule has 3 N–H and O–H groups in total. The van der Waals surface area contributed by atoms with E-state index in [1.165, 1.54) is 30.8 Å². The van der Waals surface area contributed by atoms with Crippen molar-refractivity contribution < 1.29 is 0 Å². The van der Waals surface area contributed by atoms with Crippen LogP contribution in [0.15, 0.2) is 4.99 Å². The summed E-state index contributed by atoms with van der Waals surface area (Å²) in [5, 5.41) is 0. The van der Waals surface area contributed by atoms with Crippen LogP contribution in [0.4, 0.5) is 0 Å². The Bertz CT molecular complexity index is 221. The van der Waals surface area contributed by atoms with Gasteiger partial charge in [0, 0.05) is 18.8 Å². The Kier molecular flexibility index (Phi) is 3.18. The predicted molar refractivity (Wildman–Crippen MR) is 61.3 cm³/mol. The van der Waals surface area contributed by atoms with Gasteiger partial charge in [-0.3, -0.25) is 5.43 Å². The highest BCUT2D eigenvalue weighted by molar-refractivity contribution is 7.99. The van der Waals surface area contributed by atoms with Crippen LogP contribution in [0.2, 0.25) is 0 Å². The Morgan fingerprint density at radius 1 is 1.50 bits per heavy atom. The zero-order chi connectivity index (χ0) is 9.97. The van der Waals surface area contributed by atoms with Crippen molar-refractivity contribution in [2.24, 2.45) is 10.8 Å². The van der Waals surface area contributed by atoms with E-state index in [2.05, 4.69) is 22.4 Å². The minimum atomic E-state index is 0.526. The first-order chi connectivity index (χ1) is 6.81. The summed E-state index contributed by atoms with van der Waals surface area (Å²) in [5.74, 6) is 8.81. The second-order valence-corrected chi connectivity index (χ2v) is 5.11. The van der Waals surface area contributed by atoms with Crippen LogP contribution in [0.1, 0.15) is 19.3 Å².